The number of nitriles is 1. The van der Waals surface area contributed by atoms with Gasteiger partial charge in [-0.05, 0) is 41.3 Å². The van der Waals surface area contributed by atoms with Gasteiger partial charge in [0.2, 0.25) is 0 Å². The number of halogens is 2. The van der Waals surface area contributed by atoms with Crippen LogP contribution in [0.2, 0.25) is 10.0 Å². The second-order valence-electron chi connectivity index (χ2n) is 5.60. The topological polar surface area (TPSA) is 52.9 Å². The quantitative estimate of drug-likeness (QED) is 0.565. The number of benzene rings is 2. The molecule has 2 aromatic rings. The summed E-state index contributed by atoms with van der Waals surface area (Å²) >= 11 is 11.8. The van der Waals surface area contributed by atoms with Gasteiger partial charge in [-0.2, -0.15) is 5.26 Å². The van der Waals surface area contributed by atoms with Crippen LogP contribution in [0.5, 0.6) is 0 Å². The van der Waals surface area contributed by atoms with E-state index in [0.717, 1.165) is 5.56 Å². The van der Waals surface area contributed by atoms with Crippen LogP contribution >= 0.6 is 23.2 Å². The predicted octanol–water partition coefficient (Wildman–Crippen LogP) is 5.66. The molecule has 0 spiro atoms. The zero-order chi connectivity index (χ0) is 17.7. The molecule has 0 radical (unpaired) electrons. The van der Waals surface area contributed by atoms with Gasteiger partial charge in [0.05, 0.1) is 0 Å². The Morgan fingerprint density at radius 2 is 1.71 bits per heavy atom. The highest BCUT2D eigenvalue weighted by Gasteiger charge is 2.10. The molecule has 0 aromatic heterocycles. The molecule has 0 saturated carbocycles. The molecule has 0 aliphatic rings. The lowest BCUT2D eigenvalue weighted by Crippen LogP contribution is -2.13. The Kier molecular flexibility index (Phi) is 6.03. The predicted molar refractivity (Wildman–Crippen MR) is 99.2 cm³/mol. The summed E-state index contributed by atoms with van der Waals surface area (Å²) in [5.74, 6) is -0.0851. The van der Waals surface area contributed by atoms with Crippen LogP contribution in [0.1, 0.15) is 30.9 Å². The lowest BCUT2D eigenvalue weighted by atomic mass is 10.0. The van der Waals surface area contributed by atoms with E-state index in [-0.39, 0.29) is 5.57 Å². The van der Waals surface area contributed by atoms with Crippen LogP contribution in [-0.4, -0.2) is 5.91 Å². The molecule has 0 heterocycles. The van der Waals surface area contributed by atoms with Gasteiger partial charge in [0, 0.05) is 15.7 Å². The summed E-state index contributed by atoms with van der Waals surface area (Å²) in [6.45, 7) is 4.21. The fraction of sp³-hybridized carbons (Fsp3) is 0.158. The van der Waals surface area contributed by atoms with Gasteiger partial charge in [0.15, 0.2) is 0 Å². The Bertz CT molecular complexity index is 798. The van der Waals surface area contributed by atoms with Gasteiger partial charge in [-0.3, -0.25) is 4.79 Å². The number of nitrogens with one attached hydrogen (secondary N) is 1. The maximum Gasteiger partial charge on any atom is 0.266 e. The molecule has 0 atom stereocenters. The number of hydrogen-bond donors (Lipinski definition) is 1. The molecule has 0 unspecified atom stereocenters. The molecule has 0 aliphatic heterocycles. The Morgan fingerprint density at radius 3 is 2.21 bits per heavy atom. The van der Waals surface area contributed by atoms with Gasteiger partial charge in [-0.15, -0.1) is 0 Å². The summed E-state index contributed by atoms with van der Waals surface area (Å²) in [4.78, 5) is 12.3. The fourth-order valence-corrected chi connectivity index (χ4v) is 2.64. The van der Waals surface area contributed by atoms with Crippen molar-refractivity contribution in [1.82, 2.24) is 0 Å². The molecular formula is C19H16Cl2N2O. The first-order valence-corrected chi connectivity index (χ1v) is 8.14. The lowest BCUT2D eigenvalue weighted by Gasteiger charge is -2.07. The third kappa shape index (κ3) is 4.86. The monoisotopic (exact) mass is 358 g/mol. The molecular weight excluding hydrogens is 343 g/mol. The number of hydrogen-bond acceptors (Lipinski definition) is 2. The van der Waals surface area contributed by atoms with Crippen molar-refractivity contribution in [2.45, 2.75) is 19.8 Å². The van der Waals surface area contributed by atoms with E-state index in [9.17, 15) is 10.1 Å². The summed E-state index contributed by atoms with van der Waals surface area (Å²) in [6.07, 6.45) is 1.55. The molecule has 5 heteroatoms. The summed E-state index contributed by atoms with van der Waals surface area (Å²) in [7, 11) is 0. The minimum absolute atomic E-state index is 0.00314. The number of nitrogens with zero attached hydrogens (tertiary/aromatic N) is 1. The SMILES string of the molecule is CC(C)c1ccc(C=C(C#N)C(=O)Nc2cc(Cl)cc(Cl)c2)cc1. The van der Waals surface area contributed by atoms with E-state index in [1.807, 2.05) is 30.3 Å². The Morgan fingerprint density at radius 1 is 1.12 bits per heavy atom. The van der Waals surface area contributed by atoms with Crippen molar-refractivity contribution in [3.8, 4) is 6.07 Å². The minimum Gasteiger partial charge on any atom is -0.321 e. The molecule has 0 saturated heterocycles. The van der Waals surface area contributed by atoms with Crippen molar-refractivity contribution in [2.75, 3.05) is 5.32 Å². The van der Waals surface area contributed by atoms with Gasteiger partial charge in [-0.25, -0.2) is 0 Å². The molecule has 1 N–H and O–H groups in total. The molecule has 24 heavy (non-hydrogen) atoms. The van der Waals surface area contributed by atoms with Crippen molar-refractivity contribution in [3.05, 3.63) is 69.2 Å². The first kappa shape index (κ1) is 18.1. The van der Waals surface area contributed by atoms with Crippen LogP contribution < -0.4 is 5.32 Å². The summed E-state index contributed by atoms with van der Waals surface area (Å²) in [5, 5.41) is 12.7. The average Bonchev–Trinajstić information content (AvgIpc) is 2.51. The standard InChI is InChI=1S/C19H16Cl2N2O/c1-12(2)14-5-3-13(4-6-14)7-15(11-22)19(24)23-18-9-16(20)8-17(21)10-18/h3-10,12H,1-2H3,(H,23,24). The molecule has 0 aliphatic carbocycles. The molecule has 2 aromatic carbocycles. The Labute approximate surface area is 151 Å². The fourth-order valence-electron chi connectivity index (χ4n) is 2.12. The van der Waals surface area contributed by atoms with Crippen molar-refractivity contribution in [1.29, 1.82) is 5.26 Å². The molecule has 1 amide bonds. The van der Waals surface area contributed by atoms with Gasteiger partial charge in [-0.1, -0.05) is 61.3 Å². The number of rotatable bonds is 4. The second-order valence-corrected chi connectivity index (χ2v) is 6.48. The van der Waals surface area contributed by atoms with Crippen LogP contribution in [0.4, 0.5) is 5.69 Å². The molecule has 0 fully saturated rings. The third-order valence-electron chi connectivity index (χ3n) is 3.40. The van der Waals surface area contributed by atoms with Crippen LogP contribution in [0.25, 0.3) is 6.08 Å². The van der Waals surface area contributed by atoms with Gasteiger partial charge in [0.25, 0.3) is 5.91 Å². The van der Waals surface area contributed by atoms with E-state index in [2.05, 4.69) is 19.2 Å². The Balaban J connectivity index is 2.20. The number of carbonyl (C=O) groups excluding carboxylic acids is 1. The van der Waals surface area contributed by atoms with Gasteiger partial charge in [0.1, 0.15) is 11.6 Å². The normalized spacial score (nSPS) is 11.2. The van der Waals surface area contributed by atoms with E-state index < -0.39 is 5.91 Å². The zero-order valence-electron chi connectivity index (χ0n) is 13.3. The van der Waals surface area contributed by atoms with Crippen LogP contribution in [0.3, 0.4) is 0 Å². The van der Waals surface area contributed by atoms with Crippen LogP contribution in [0.15, 0.2) is 48.0 Å². The van der Waals surface area contributed by atoms with Gasteiger partial charge < -0.3 is 5.32 Å². The van der Waals surface area contributed by atoms with E-state index in [1.54, 1.807) is 24.3 Å². The van der Waals surface area contributed by atoms with Crippen LogP contribution in [0, 0.1) is 11.3 Å². The van der Waals surface area contributed by atoms with Gasteiger partial charge >= 0.3 is 0 Å². The van der Waals surface area contributed by atoms with E-state index in [1.165, 1.54) is 5.56 Å². The minimum atomic E-state index is -0.510. The highest BCUT2D eigenvalue weighted by Crippen LogP contribution is 2.23. The largest absolute Gasteiger partial charge is 0.321 e. The molecule has 0 bridgehead atoms. The van der Waals surface area contributed by atoms with E-state index in [0.29, 0.717) is 21.7 Å². The molecule has 122 valence electrons. The summed E-state index contributed by atoms with van der Waals surface area (Å²) in [5.41, 5.74) is 2.43. The van der Waals surface area contributed by atoms with E-state index in [4.69, 9.17) is 23.2 Å². The highest BCUT2D eigenvalue weighted by atomic mass is 35.5. The number of anilines is 1. The second kappa shape index (κ2) is 8.01. The molecule has 2 rings (SSSR count). The maximum atomic E-state index is 12.3. The molecule has 3 nitrogen and oxygen atoms in total. The first-order valence-electron chi connectivity index (χ1n) is 7.38. The highest BCUT2D eigenvalue weighted by molar-refractivity contribution is 6.35. The van der Waals surface area contributed by atoms with E-state index >= 15 is 0 Å². The third-order valence-corrected chi connectivity index (χ3v) is 3.84. The van der Waals surface area contributed by atoms with Crippen molar-refractivity contribution in [3.63, 3.8) is 0 Å². The number of carbonyl (C=O) groups is 1. The first-order chi connectivity index (χ1) is 11.4. The zero-order valence-corrected chi connectivity index (χ0v) is 14.8. The maximum absolute atomic E-state index is 12.3. The van der Waals surface area contributed by atoms with Crippen molar-refractivity contribution in [2.24, 2.45) is 0 Å². The van der Waals surface area contributed by atoms with Crippen LogP contribution in [-0.2, 0) is 4.79 Å². The van der Waals surface area contributed by atoms with Crippen molar-refractivity contribution >= 4 is 40.9 Å². The summed E-state index contributed by atoms with van der Waals surface area (Å²) < 4.78 is 0. The lowest BCUT2D eigenvalue weighted by molar-refractivity contribution is -0.112. The Hall–Kier alpha value is -2.28. The smallest absolute Gasteiger partial charge is 0.266 e. The number of amides is 1. The van der Waals surface area contributed by atoms with Crippen molar-refractivity contribution < 1.29 is 4.79 Å². The average molecular weight is 359 g/mol. The summed E-state index contributed by atoms with van der Waals surface area (Å²) in [6, 6.07) is 14.4.